The molecule has 1 amide bonds. The van der Waals surface area contributed by atoms with Crippen molar-refractivity contribution < 1.29 is 4.79 Å². The van der Waals surface area contributed by atoms with E-state index in [1.807, 2.05) is 27.7 Å². The fourth-order valence-corrected chi connectivity index (χ4v) is 5.39. The van der Waals surface area contributed by atoms with Crippen molar-refractivity contribution in [2.75, 3.05) is 0 Å². The number of carbonyl (C=O) groups excluding carboxylic acids is 1. The first kappa shape index (κ1) is 17.7. The number of carbonyl (C=O) groups is 1. The van der Waals surface area contributed by atoms with Crippen molar-refractivity contribution in [1.29, 1.82) is 0 Å². The quantitative estimate of drug-likeness (QED) is 0.655. The zero-order valence-corrected chi connectivity index (χ0v) is 16.6. The number of thioether (sulfide) groups is 1. The molecule has 1 N–H and O–H groups in total. The van der Waals surface area contributed by atoms with Crippen LogP contribution in [0.2, 0.25) is 0 Å². The molecular weight excluding hydrogens is 338 g/mol. The first-order valence-electron chi connectivity index (χ1n) is 8.48. The molecule has 3 rings (SSSR count). The van der Waals surface area contributed by atoms with E-state index >= 15 is 0 Å². The Kier molecular flexibility index (Phi) is 4.89. The minimum atomic E-state index is -0.218. The molecule has 0 saturated heterocycles. The number of rotatable bonds is 3. The van der Waals surface area contributed by atoms with Gasteiger partial charge in [-0.1, -0.05) is 18.7 Å². The summed E-state index contributed by atoms with van der Waals surface area (Å²) >= 11 is 3.34. The van der Waals surface area contributed by atoms with Gasteiger partial charge in [-0.25, -0.2) is 9.97 Å². The summed E-state index contributed by atoms with van der Waals surface area (Å²) in [5.74, 6) is 0.795. The highest BCUT2D eigenvalue weighted by Gasteiger charge is 2.26. The molecular formula is C18H25N3OS2. The molecule has 2 heterocycles. The lowest BCUT2D eigenvalue weighted by molar-refractivity contribution is -0.121. The molecule has 4 nitrogen and oxygen atoms in total. The van der Waals surface area contributed by atoms with Crippen LogP contribution in [0.3, 0.4) is 0 Å². The molecule has 0 unspecified atom stereocenters. The van der Waals surface area contributed by atoms with E-state index < -0.39 is 0 Å². The van der Waals surface area contributed by atoms with Crippen LogP contribution in [0.15, 0.2) is 11.4 Å². The molecule has 2 aromatic rings. The zero-order chi connectivity index (χ0) is 17.5. The molecule has 2 atom stereocenters. The van der Waals surface area contributed by atoms with Crippen LogP contribution in [0.5, 0.6) is 0 Å². The predicted molar refractivity (Wildman–Crippen MR) is 102 cm³/mol. The van der Waals surface area contributed by atoms with Crippen molar-refractivity contribution in [3.63, 3.8) is 0 Å². The minimum absolute atomic E-state index is 0.0528. The second-order valence-corrected chi connectivity index (χ2v) is 10.1. The SMILES string of the molecule is C[C@H]1CCc2c(sc3ncnc(S[C@H](C)C(=O)NC(C)(C)C)c23)C1. The van der Waals surface area contributed by atoms with E-state index in [1.165, 1.54) is 22.2 Å². The third-order valence-electron chi connectivity index (χ3n) is 4.21. The van der Waals surface area contributed by atoms with Gasteiger partial charge in [-0.05, 0) is 58.4 Å². The number of aryl methyl sites for hydroxylation is 1. The fraction of sp³-hybridized carbons (Fsp3) is 0.611. The van der Waals surface area contributed by atoms with Crippen LogP contribution < -0.4 is 5.32 Å². The molecule has 130 valence electrons. The van der Waals surface area contributed by atoms with Crippen LogP contribution in [0.1, 0.15) is 51.5 Å². The average molecular weight is 364 g/mol. The first-order chi connectivity index (χ1) is 11.2. The average Bonchev–Trinajstić information content (AvgIpc) is 2.83. The lowest BCUT2D eigenvalue weighted by Gasteiger charge is -2.23. The Bertz CT molecular complexity index is 763. The normalized spacial score (nSPS) is 19.1. The molecule has 2 aromatic heterocycles. The minimum Gasteiger partial charge on any atom is -0.351 e. The van der Waals surface area contributed by atoms with Gasteiger partial charge >= 0.3 is 0 Å². The predicted octanol–water partition coefficient (Wildman–Crippen LogP) is 4.21. The van der Waals surface area contributed by atoms with Crippen molar-refractivity contribution >= 4 is 39.2 Å². The van der Waals surface area contributed by atoms with Crippen molar-refractivity contribution in [2.45, 2.75) is 69.7 Å². The van der Waals surface area contributed by atoms with E-state index in [9.17, 15) is 4.79 Å². The zero-order valence-electron chi connectivity index (χ0n) is 15.0. The summed E-state index contributed by atoms with van der Waals surface area (Å²) in [7, 11) is 0. The Hall–Kier alpha value is -1.14. The van der Waals surface area contributed by atoms with E-state index in [-0.39, 0.29) is 16.7 Å². The van der Waals surface area contributed by atoms with Gasteiger partial charge in [-0.3, -0.25) is 4.79 Å². The van der Waals surface area contributed by atoms with E-state index in [2.05, 4.69) is 22.2 Å². The van der Waals surface area contributed by atoms with Crippen LogP contribution in [0, 0.1) is 5.92 Å². The maximum Gasteiger partial charge on any atom is 0.233 e. The Morgan fingerprint density at radius 3 is 2.88 bits per heavy atom. The van der Waals surface area contributed by atoms with E-state index in [0.29, 0.717) is 0 Å². The van der Waals surface area contributed by atoms with Crippen molar-refractivity contribution in [3.05, 3.63) is 16.8 Å². The molecule has 0 aromatic carbocycles. The van der Waals surface area contributed by atoms with Crippen LogP contribution in [-0.2, 0) is 17.6 Å². The number of hydrogen-bond acceptors (Lipinski definition) is 5. The van der Waals surface area contributed by atoms with Gasteiger partial charge in [-0.15, -0.1) is 11.3 Å². The van der Waals surface area contributed by atoms with Gasteiger partial charge in [0.1, 0.15) is 16.2 Å². The van der Waals surface area contributed by atoms with Crippen molar-refractivity contribution in [2.24, 2.45) is 5.92 Å². The van der Waals surface area contributed by atoms with Crippen molar-refractivity contribution in [3.8, 4) is 0 Å². The van der Waals surface area contributed by atoms with Gasteiger partial charge in [0.05, 0.1) is 5.25 Å². The van der Waals surface area contributed by atoms with Crippen LogP contribution in [0.25, 0.3) is 10.2 Å². The Labute approximate surface area is 151 Å². The maximum atomic E-state index is 12.4. The first-order valence-corrected chi connectivity index (χ1v) is 10.2. The summed E-state index contributed by atoms with van der Waals surface area (Å²) in [6, 6.07) is 0. The number of fused-ring (bicyclic) bond motifs is 3. The smallest absolute Gasteiger partial charge is 0.233 e. The summed E-state index contributed by atoms with van der Waals surface area (Å²) < 4.78 is 0. The van der Waals surface area contributed by atoms with Gasteiger partial charge in [0.2, 0.25) is 5.91 Å². The molecule has 0 saturated carbocycles. The van der Waals surface area contributed by atoms with Crippen molar-refractivity contribution in [1.82, 2.24) is 15.3 Å². The summed E-state index contributed by atoms with van der Waals surface area (Å²) in [5.41, 5.74) is 1.20. The summed E-state index contributed by atoms with van der Waals surface area (Å²) in [6.07, 6.45) is 5.09. The summed E-state index contributed by atoms with van der Waals surface area (Å²) in [4.78, 5) is 23.9. The third kappa shape index (κ3) is 3.75. The van der Waals surface area contributed by atoms with Gasteiger partial charge < -0.3 is 5.32 Å². The van der Waals surface area contributed by atoms with Crippen LogP contribution in [0.4, 0.5) is 0 Å². The Morgan fingerprint density at radius 2 is 2.17 bits per heavy atom. The van der Waals surface area contributed by atoms with Gasteiger partial charge in [0, 0.05) is 15.8 Å². The lowest BCUT2D eigenvalue weighted by Crippen LogP contribution is -2.44. The summed E-state index contributed by atoms with van der Waals surface area (Å²) in [6.45, 7) is 10.3. The monoisotopic (exact) mass is 363 g/mol. The Morgan fingerprint density at radius 1 is 1.42 bits per heavy atom. The molecule has 1 aliphatic carbocycles. The molecule has 1 aliphatic rings. The highest BCUT2D eigenvalue weighted by atomic mass is 32.2. The fourth-order valence-electron chi connectivity index (χ4n) is 3.03. The number of thiophene rings is 1. The Balaban J connectivity index is 1.89. The summed E-state index contributed by atoms with van der Waals surface area (Å²) in [5, 5.41) is 5.00. The molecule has 0 radical (unpaired) electrons. The highest BCUT2D eigenvalue weighted by Crippen LogP contribution is 2.41. The molecule has 0 fully saturated rings. The molecule has 0 spiro atoms. The van der Waals surface area contributed by atoms with Crippen LogP contribution in [-0.4, -0.2) is 26.7 Å². The van der Waals surface area contributed by atoms with Gasteiger partial charge in [-0.2, -0.15) is 0 Å². The van der Waals surface area contributed by atoms with Gasteiger partial charge in [0.15, 0.2) is 0 Å². The number of amides is 1. The van der Waals surface area contributed by atoms with Gasteiger partial charge in [0.25, 0.3) is 0 Å². The van der Waals surface area contributed by atoms with E-state index in [4.69, 9.17) is 0 Å². The maximum absolute atomic E-state index is 12.4. The van der Waals surface area contributed by atoms with Crippen LogP contribution >= 0.6 is 23.1 Å². The standard InChI is InChI=1S/C18H25N3OS2/c1-10-6-7-12-13(8-10)24-17-14(12)16(19-9-20-17)23-11(2)15(22)21-18(3,4)5/h9-11H,6-8H2,1-5H3,(H,21,22)/t10-,11+/m0/s1. The number of hydrogen-bond donors (Lipinski definition) is 1. The second-order valence-electron chi connectivity index (χ2n) is 7.71. The van der Waals surface area contributed by atoms with E-state index in [1.54, 1.807) is 29.4 Å². The second kappa shape index (κ2) is 6.64. The number of nitrogens with zero attached hydrogens (tertiary/aromatic N) is 2. The molecule has 6 heteroatoms. The lowest BCUT2D eigenvalue weighted by atomic mass is 9.89. The number of aromatic nitrogens is 2. The molecule has 24 heavy (non-hydrogen) atoms. The molecule has 0 bridgehead atoms. The third-order valence-corrected chi connectivity index (χ3v) is 6.48. The van der Waals surface area contributed by atoms with E-state index in [0.717, 1.165) is 28.6 Å². The number of nitrogens with one attached hydrogen (secondary N) is 1. The highest BCUT2D eigenvalue weighted by molar-refractivity contribution is 8.00. The largest absolute Gasteiger partial charge is 0.351 e. The molecule has 0 aliphatic heterocycles. The topological polar surface area (TPSA) is 54.9 Å².